The second-order valence-electron chi connectivity index (χ2n) is 7.47. The first-order valence-corrected chi connectivity index (χ1v) is 9.67. The number of hydrogen-bond acceptors (Lipinski definition) is 5. The van der Waals surface area contributed by atoms with Crippen molar-refractivity contribution in [2.24, 2.45) is 0 Å². The molecule has 0 radical (unpaired) electrons. The Kier molecular flexibility index (Phi) is 5.24. The molecule has 0 saturated carbocycles. The van der Waals surface area contributed by atoms with Crippen LogP contribution in [0.5, 0.6) is 0 Å². The van der Waals surface area contributed by atoms with E-state index in [0.717, 1.165) is 0 Å². The Morgan fingerprint density at radius 2 is 2.23 bits per heavy atom. The molecule has 0 aromatic carbocycles. The van der Waals surface area contributed by atoms with Gasteiger partial charge >= 0.3 is 6.18 Å². The maximum absolute atomic E-state index is 14.3. The van der Waals surface area contributed by atoms with E-state index in [4.69, 9.17) is 11.6 Å². The number of H-pyrrole nitrogens is 1. The van der Waals surface area contributed by atoms with Gasteiger partial charge in [0.1, 0.15) is 29.7 Å². The number of alkyl halides is 4. The van der Waals surface area contributed by atoms with Crippen molar-refractivity contribution < 1.29 is 25.2 Å². The molecule has 1 amide bonds. The summed E-state index contributed by atoms with van der Waals surface area (Å²) in [5.74, 6) is -0.430. The summed E-state index contributed by atoms with van der Waals surface area (Å²) in [4.78, 5) is 29.8. The van der Waals surface area contributed by atoms with Crippen molar-refractivity contribution in [3.05, 3.63) is 35.7 Å². The highest BCUT2D eigenvalue weighted by atomic mass is 35.5. The molecule has 4 rings (SSSR count). The van der Waals surface area contributed by atoms with Gasteiger partial charge < -0.3 is 15.2 Å². The predicted octanol–water partition coefficient (Wildman–Crippen LogP) is 4.15. The Bertz CT molecular complexity index is 1150. The third kappa shape index (κ3) is 4.14. The van der Waals surface area contributed by atoms with Crippen LogP contribution in [-0.4, -0.2) is 56.8 Å². The van der Waals surface area contributed by atoms with Crippen LogP contribution in [0.3, 0.4) is 0 Å². The zero-order valence-electron chi connectivity index (χ0n) is 16.2. The number of halogens is 5. The highest BCUT2D eigenvalue weighted by molar-refractivity contribution is 6.31. The number of carbonyl (C=O) groups excluding carboxylic acids is 1. The minimum atomic E-state index is -4.57. The topological polar surface area (TPSA) is 86.8 Å². The normalized spacial score (nSPS) is 21.6. The number of anilines is 1. The number of nitrogens with one attached hydrogen (secondary N) is 2. The van der Waals surface area contributed by atoms with Crippen LogP contribution < -0.4 is 10.2 Å². The second-order valence-corrected chi connectivity index (χ2v) is 7.91. The maximum atomic E-state index is 14.3. The van der Waals surface area contributed by atoms with E-state index in [-0.39, 0.29) is 27.5 Å². The molecule has 0 spiro atoms. The first kappa shape index (κ1) is 21.3. The van der Waals surface area contributed by atoms with Crippen LogP contribution >= 0.6 is 11.6 Å². The number of rotatable bonds is 4. The van der Waals surface area contributed by atoms with Crippen LogP contribution in [0.1, 0.15) is 16.2 Å². The molecular weight excluding hydrogens is 440 g/mol. The minimum Gasteiger partial charge on any atom is -0.345 e. The molecule has 1 aliphatic heterocycles. The van der Waals surface area contributed by atoms with Crippen LogP contribution in [0.15, 0.2) is 30.7 Å². The molecule has 1 saturated heterocycles. The van der Waals surface area contributed by atoms with Crippen LogP contribution in [-0.2, 0) is 4.79 Å². The fraction of sp³-hybridized carbons (Fsp3) is 0.368. The molecule has 1 aliphatic rings. The van der Waals surface area contributed by atoms with Gasteiger partial charge in [-0.25, -0.2) is 19.3 Å². The number of fused-ring (bicyclic) bond motifs is 1. The molecule has 2 N–H and O–H groups in total. The van der Waals surface area contributed by atoms with Crippen molar-refractivity contribution >= 4 is 34.4 Å². The molecule has 1 fully saturated rings. The van der Waals surface area contributed by atoms with Gasteiger partial charge in [0.2, 0.25) is 5.91 Å². The van der Waals surface area contributed by atoms with Crippen molar-refractivity contribution in [2.75, 3.05) is 18.0 Å². The fourth-order valence-electron chi connectivity index (χ4n) is 3.73. The third-order valence-electron chi connectivity index (χ3n) is 5.19. The Morgan fingerprint density at radius 1 is 1.45 bits per heavy atom. The summed E-state index contributed by atoms with van der Waals surface area (Å²) in [6.45, 7) is -0.284. The summed E-state index contributed by atoms with van der Waals surface area (Å²) in [6.07, 6.45) is -1.67. The van der Waals surface area contributed by atoms with Crippen LogP contribution in [0.4, 0.5) is 23.4 Å². The molecular formula is C19H21ClF4N6O. The summed E-state index contributed by atoms with van der Waals surface area (Å²) >= 11 is 6.03. The minimum absolute atomic E-state index is 0. The highest BCUT2D eigenvalue weighted by Gasteiger charge is 2.49. The average Bonchev–Trinajstić information content (AvgIpc) is 3.26. The van der Waals surface area contributed by atoms with E-state index < -0.39 is 30.3 Å². The SMILES string of the molecule is C[C@]1(C(=O)NCC(F)(F)F)C[C@H](F)CN1c1ccnc(-c2c[nH]c3ncc(Cl)cc23)n1.[HH].[HH]. The lowest BCUT2D eigenvalue weighted by Gasteiger charge is -2.34. The van der Waals surface area contributed by atoms with E-state index in [0.29, 0.717) is 21.6 Å². The molecule has 4 heterocycles. The largest absolute Gasteiger partial charge is 0.405 e. The summed E-state index contributed by atoms with van der Waals surface area (Å²) in [5, 5.41) is 2.94. The van der Waals surface area contributed by atoms with Crippen molar-refractivity contribution in [1.82, 2.24) is 25.3 Å². The predicted molar refractivity (Wildman–Crippen MR) is 111 cm³/mol. The van der Waals surface area contributed by atoms with Gasteiger partial charge in [-0.1, -0.05) is 11.6 Å². The molecule has 7 nitrogen and oxygen atoms in total. The van der Waals surface area contributed by atoms with Crippen LogP contribution in [0, 0.1) is 0 Å². The molecule has 168 valence electrons. The van der Waals surface area contributed by atoms with Gasteiger partial charge in [0.25, 0.3) is 0 Å². The lowest BCUT2D eigenvalue weighted by molar-refractivity contribution is -0.141. The summed E-state index contributed by atoms with van der Waals surface area (Å²) in [7, 11) is 0. The van der Waals surface area contributed by atoms with Gasteiger partial charge in [-0.2, -0.15) is 13.2 Å². The molecule has 3 aromatic rings. The quantitative estimate of drug-likeness (QED) is 0.571. The highest BCUT2D eigenvalue weighted by Crippen LogP contribution is 2.36. The van der Waals surface area contributed by atoms with Gasteiger partial charge in [0, 0.05) is 38.8 Å². The molecule has 12 heteroatoms. The standard InChI is InChI=1S/C19H17ClF4N6O.2H2/c1-18(17(31)28-9-19(22,23)24)5-11(21)8-30(18)14-2-3-25-16(29-14)13-7-27-15-12(13)4-10(20)6-26-15;;/h2-4,6-7,11H,5,8-9H2,1H3,(H,26,27)(H,28,31);2*1H/t11-,18+;;/m0../s1. The Balaban J connectivity index is 0.00000193. The summed E-state index contributed by atoms with van der Waals surface area (Å²) in [5.41, 5.74) is -0.387. The molecule has 3 aromatic heterocycles. The smallest absolute Gasteiger partial charge is 0.345 e. The zero-order chi connectivity index (χ0) is 22.4. The number of nitrogens with zero attached hydrogens (tertiary/aromatic N) is 4. The second kappa shape index (κ2) is 7.63. The Morgan fingerprint density at radius 3 is 2.97 bits per heavy atom. The van der Waals surface area contributed by atoms with Crippen molar-refractivity contribution in [1.29, 1.82) is 0 Å². The molecule has 2 atom stereocenters. The molecule has 0 unspecified atom stereocenters. The number of amides is 1. The van der Waals surface area contributed by atoms with E-state index in [2.05, 4.69) is 19.9 Å². The lowest BCUT2D eigenvalue weighted by Crippen LogP contribution is -2.55. The number of aromatic amines is 1. The fourth-order valence-corrected chi connectivity index (χ4v) is 3.89. The Labute approximate surface area is 181 Å². The van der Waals surface area contributed by atoms with Gasteiger partial charge in [0.15, 0.2) is 5.82 Å². The van der Waals surface area contributed by atoms with Crippen LogP contribution in [0.2, 0.25) is 5.02 Å². The van der Waals surface area contributed by atoms with E-state index in [1.807, 2.05) is 5.32 Å². The average molecular weight is 461 g/mol. The number of pyridine rings is 1. The zero-order valence-corrected chi connectivity index (χ0v) is 16.9. The molecule has 31 heavy (non-hydrogen) atoms. The third-order valence-corrected chi connectivity index (χ3v) is 5.40. The number of carbonyl (C=O) groups is 1. The Hall–Kier alpha value is -2.95. The van der Waals surface area contributed by atoms with Crippen molar-refractivity contribution in [3.8, 4) is 11.4 Å². The van der Waals surface area contributed by atoms with E-state index in [1.165, 1.54) is 30.3 Å². The van der Waals surface area contributed by atoms with Gasteiger partial charge in [-0.05, 0) is 19.1 Å². The van der Waals surface area contributed by atoms with Crippen molar-refractivity contribution in [3.63, 3.8) is 0 Å². The van der Waals surface area contributed by atoms with E-state index in [9.17, 15) is 22.4 Å². The number of hydrogen-bond donors (Lipinski definition) is 2. The number of aromatic nitrogens is 4. The maximum Gasteiger partial charge on any atom is 0.405 e. The summed E-state index contributed by atoms with van der Waals surface area (Å²) in [6, 6.07) is 3.17. The van der Waals surface area contributed by atoms with Gasteiger partial charge in [0.05, 0.1) is 11.6 Å². The van der Waals surface area contributed by atoms with Gasteiger partial charge in [-0.3, -0.25) is 4.79 Å². The van der Waals surface area contributed by atoms with E-state index >= 15 is 0 Å². The summed E-state index contributed by atoms with van der Waals surface area (Å²) < 4.78 is 52.0. The van der Waals surface area contributed by atoms with Gasteiger partial charge in [-0.15, -0.1) is 0 Å². The first-order chi connectivity index (χ1) is 14.6. The van der Waals surface area contributed by atoms with E-state index in [1.54, 1.807) is 12.3 Å². The lowest BCUT2D eigenvalue weighted by atomic mass is 9.97. The monoisotopic (exact) mass is 460 g/mol. The first-order valence-electron chi connectivity index (χ1n) is 9.30. The molecule has 0 aliphatic carbocycles. The van der Waals surface area contributed by atoms with Crippen molar-refractivity contribution in [2.45, 2.75) is 31.2 Å². The molecule has 0 bridgehead atoms. The van der Waals surface area contributed by atoms with Crippen LogP contribution in [0.25, 0.3) is 22.4 Å².